The molecule has 1 aromatic heterocycles. The molecule has 0 bridgehead atoms. The number of ether oxygens (including phenoxy) is 2. The fourth-order valence-corrected chi connectivity index (χ4v) is 3.86. The summed E-state index contributed by atoms with van der Waals surface area (Å²) in [4.78, 5) is 15.1. The van der Waals surface area contributed by atoms with Gasteiger partial charge in [0.1, 0.15) is 11.4 Å². The first-order chi connectivity index (χ1) is 14.2. The molecule has 150 valence electrons. The standard InChI is InChI=1S/C23H25N3O3/c1-3-29-15-7-14-26-22(17-8-5-4-6-9-17)19-20(24-25-21(19)23(26)27)16-10-12-18(28-2)13-11-16/h4-6,8-13,22H,3,7,14-15H2,1-2H3,(H,24,25)/t22-/m1/s1. The van der Waals surface area contributed by atoms with Crippen LogP contribution in [0.5, 0.6) is 5.75 Å². The van der Waals surface area contributed by atoms with E-state index >= 15 is 0 Å². The van der Waals surface area contributed by atoms with Gasteiger partial charge < -0.3 is 14.4 Å². The molecule has 1 atom stereocenters. The fourth-order valence-electron chi connectivity index (χ4n) is 3.86. The second kappa shape index (κ2) is 8.49. The maximum absolute atomic E-state index is 13.2. The molecule has 2 heterocycles. The Labute approximate surface area is 170 Å². The van der Waals surface area contributed by atoms with Crippen LogP contribution in [-0.2, 0) is 4.74 Å². The average molecular weight is 391 g/mol. The van der Waals surface area contributed by atoms with Crippen LogP contribution in [-0.4, -0.2) is 47.9 Å². The van der Waals surface area contributed by atoms with Crippen molar-refractivity contribution in [2.45, 2.75) is 19.4 Å². The normalized spacial score (nSPS) is 15.6. The Kier molecular flexibility index (Phi) is 5.62. The van der Waals surface area contributed by atoms with Gasteiger partial charge in [-0.3, -0.25) is 9.89 Å². The third-order valence-electron chi connectivity index (χ3n) is 5.23. The largest absolute Gasteiger partial charge is 0.497 e. The summed E-state index contributed by atoms with van der Waals surface area (Å²) in [5, 5.41) is 7.49. The van der Waals surface area contributed by atoms with Gasteiger partial charge in [0.2, 0.25) is 0 Å². The molecule has 29 heavy (non-hydrogen) atoms. The Morgan fingerprint density at radius 3 is 2.55 bits per heavy atom. The molecule has 1 aliphatic rings. The highest BCUT2D eigenvalue weighted by Gasteiger charge is 2.41. The molecule has 4 rings (SSSR count). The van der Waals surface area contributed by atoms with Crippen LogP contribution in [0, 0.1) is 0 Å². The fraction of sp³-hybridized carbons (Fsp3) is 0.304. The first-order valence-corrected chi connectivity index (χ1v) is 9.91. The Morgan fingerprint density at radius 1 is 1.10 bits per heavy atom. The highest BCUT2D eigenvalue weighted by Crippen LogP contribution is 2.42. The summed E-state index contributed by atoms with van der Waals surface area (Å²) in [7, 11) is 1.64. The molecule has 0 unspecified atom stereocenters. The molecule has 0 saturated heterocycles. The van der Waals surface area contributed by atoms with Gasteiger partial charge in [0.05, 0.1) is 18.8 Å². The quantitative estimate of drug-likeness (QED) is 0.588. The molecule has 3 aromatic rings. The van der Waals surface area contributed by atoms with Crippen molar-refractivity contribution in [1.82, 2.24) is 15.1 Å². The zero-order valence-corrected chi connectivity index (χ0v) is 16.7. The van der Waals surface area contributed by atoms with E-state index in [4.69, 9.17) is 9.47 Å². The molecule has 0 aliphatic carbocycles. The van der Waals surface area contributed by atoms with Crippen molar-refractivity contribution in [3.05, 3.63) is 71.4 Å². The first-order valence-electron chi connectivity index (χ1n) is 9.91. The van der Waals surface area contributed by atoms with Gasteiger partial charge >= 0.3 is 0 Å². The van der Waals surface area contributed by atoms with Crippen molar-refractivity contribution in [3.8, 4) is 17.0 Å². The van der Waals surface area contributed by atoms with Gasteiger partial charge in [-0.15, -0.1) is 0 Å². The number of amides is 1. The molecule has 6 heteroatoms. The zero-order valence-electron chi connectivity index (χ0n) is 16.7. The number of nitrogens with one attached hydrogen (secondary N) is 1. The number of rotatable bonds is 8. The lowest BCUT2D eigenvalue weighted by Gasteiger charge is -2.26. The Balaban J connectivity index is 1.73. The summed E-state index contributed by atoms with van der Waals surface area (Å²) in [6.07, 6.45) is 0.790. The van der Waals surface area contributed by atoms with Crippen LogP contribution in [0.1, 0.15) is 41.0 Å². The van der Waals surface area contributed by atoms with Crippen LogP contribution in [0.3, 0.4) is 0 Å². The van der Waals surface area contributed by atoms with Crippen LogP contribution in [0.2, 0.25) is 0 Å². The second-order valence-corrected chi connectivity index (χ2v) is 6.95. The van der Waals surface area contributed by atoms with Gasteiger partial charge in [-0.2, -0.15) is 5.10 Å². The molecule has 0 saturated carbocycles. The van der Waals surface area contributed by atoms with Crippen LogP contribution >= 0.6 is 0 Å². The van der Waals surface area contributed by atoms with E-state index in [0.29, 0.717) is 25.5 Å². The van der Waals surface area contributed by atoms with Gasteiger partial charge in [0.25, 0.3) is 5.91 Å². The maximum Gasteiger partial charge on any atom is 0.273 e. The van der Waals surface area contributed by atoms with Crippen LogP contribution < -0.4 is 4.74 Å². The lowest BCUT2D eigenvalue weighted by atomic mass is 9.96. The van der Waals surface area contributed by atoms with Gasteiger partial charge in [0.15, 0.2) is 0 Å². The van der Waals surface area contributed by atoms with Crippen molar-refractivity contribution in [2.75, 3.05) is 26.9 Å². The number of nitrogens with zero attached hydrogens (tertiary/aromatic N) is 2. The van der Waals surface area contributed by atoms with Crippen molar-refractivity contribution < 1.29 is 14.3 Å². The van der Waals surface area contributed by atoms with Crippen molar-refractivity contribution in [2.24, 2.45) is 0 Å². The summed E-state index contributed by atoms with van der Waals surface area (Å²) in [6, 6.07) is 17.7. The second-order valence-electron chi connectivity index (χ2n) is 6.95. The minimum atomic E-state index is -0.170. The third-order valence-corrected chi connectivity index (χ3v) is 5.23. The molecule has 6 nitrogen and oxygen atoms in total. The summed E-state index contributed by atoms with van der Waals surface area (Å²) in [6.45, 7) is 3.92. The average Bonchev–Trinajstić information content (AvgIpc) is 3.31. The number of H-pyrrole nitrogens is 1. The number of carbonyl (C=O) groups is 1. The molecule has 2 aromatic carbocycles. The molecular formula is C23H25N3O3. The number of aromatic amines is 1. The van der Waals surface area contributed by atoms with Gasteiger partial charge in [0, 0.05) is 30.9 Å². The number of benzene rings is 2. The minimum Gasteiger partial charge on any atom is -0.497 e. The van der Waals surface area contributed by atoms with Gasteiger partial charge in [-0.05, 0) is 43.2 Å². The number of hydrogen-bond acceptors (Lipinski definition) is 4. The summed E-state index contributed by atoms with van der Waals surface area (Å²) in [5.41, 5.74) is 4.33. The van der Waals surface area contributed by atoms with Crippen molar-refractivity contribution >= 4 is 5.91 Å². The van der Waals surface area contributed by atoms with E-state index < -0.39 is 0 Å². The van der Waals surface area contributed by atoms with Gasteiger partial charge in [-0.1, -0.05) is 30.3 Å². The Bertz CT molecular complexity index is 967. The lowest BCUT2D eigenvalue weighted by molar-refractivity contribution is 0.0710. The van der Waals surface area contributed by atoms with E-state index in [2.05, 4.69) is 22.3 Å². The Morgan fingerprint density at radius 2 is 1.86 bits per heavy atom. The highest BCUT2D eigenvalue weighted by molar-refractivity contribution is 6.00. The van der Waals surface area contributed by atoms with E-state index in [0.717, 1.165) is 34.6 Å². The topological polar surface area (TPSA) is 67.5 Å². The number of fused-ring (bicyclic) bond motifs is 1. The highest BCUT2D eigenvalue weighted by atomic mass is 16.5. The molecular weight excluding hydrogens is 366 g/mol. The molecule has 0 fully saturated rings. The minimum absolute atomic E-state index is 0.0161. The third kappa shape index (κ3) is 3.63. The predicted molar refractivity (Wildman–Crippen MR) is 111 cm³/mol. The molecule has 0 spiro atoms. The SMILES string of the molecule is CCOCCCN1C(=O)c2[nH]nc(-c3ccc(OC)cc3)c2[C@H]1c1ccccc1. The predicted octanol–water partition coefficient (Wildman–Crippen LogP) is 4.06. The number of hydrogen-bond donors (Lipinski definition) is 1. The Hall–Kier alpha value is -3.12. The maximum atomic E-state index is 13.2. The van der Waals surface area contributed by atoms with E-state index in [9.17, 15) is 4.79 Å². The molecule has 0 radical (unpaired) electrons. The first kappa shape index (κ1) is 19.2. The van der Waals surface area contributed by atoms with Gasteiger partial charge in [-0.25, -0.2) is 0 Å². The van der Waals surface area contributed by atoms with E-state index in [-0.39, 0.29) is 11.9 Å². The van der Waals surface area contributed by atoms with E-state index in [1.807, 2.05) is 54.3 Å². The smallest absolute Gasteiger partial charge is 0.273 e. The number of aromatic nitrogens is 2. The van der Waals surface area contributed by atoms with Crippen LogP contribution in [0.15, 0.2) is 54.6 Å². The van der Waals surface area contributed by atoms with E-state index in [1.54, 1.807) is 7.11 Å². The van der Waals surface area contributed by atoms with Crippen molar-refractivity contribution in [1.29, 1.82) is 0 Å². The molecule has 1 aliphatic heterocycles. The number of carbonyl (C=O) groups excluding carboxylic acids is 1. The lowest BCUT2D eigenvalue weighted by Crippen LogP contribution is -2.31. The number of methoxy groups -OCH3 is 1. The van der Waals surface area contributed by atoms with E-state index in [1.165, 1.54) is 0 Å². The monoisotopic (exact) mass is 391 g/mol. The molecule has 1 N–H and O–H groups in total. The molecule has 1 amide bonds. The summed E-state index contributed by atoms with van der Waals surface area (Å²) in [5.74, 6) is 0.770. The summed E-state index contributed by atoms with van der Waals surface area (Å²) >= 11 is 0. The zero-order chi connectivity index (χ0) is 20.2. The summed E-state index contributed by atoms with van der Waals surface area (Å²) < 4.78 is 10.7. The van der Waals surface area contributed by atoms with Crippen LogP contribution in [0.4, 0.5) is 0 Å². The van der Waals surface area contributed by atoms with Crippen LogP contribution in [0.25, 0.3) is 11.3 Å². The van der Waals surface area contributed by atoms with Crippen molar-refractivity contribution in [3.63, 3.8) is 0 Å².